The predicted molar refractivity (Wildman–Crippen MR) is 98.9 cm³/mol. The van der Waals surface area contributed by atoms with Crippen LogP contribution in [0.2, 0.25) is 0 Å². The second-order valence-electron chi connectivity index (χ2n) is 6.71. The molecule has 2 aromatic carbocycles. The molecule has 1 aliphatic rings. The Bertz CT molecular complexity index is 863. The molecule has 0 aliphatic carbocycles. The van der Waals surface area contributed by atoms with Gasteiger partial charge < -0.3 is 10.2 Å². The molecule has 28 heavy (non-hydrogen) atoms. The summed E-state index contributed by atoms with van der Waals surface area (Å²) in [6, 6.07) is 12.0. The molecule has 2 amide bonds. The Morgan fingerprint density at radius 2 is 1.82 bits per heavy atom. The second-order valence-corrected chi connectivity index (χ2v) is 6.71. The van der Waals surface area contributed by atoms with Gasteiger partial charge >= 0.3 is 6.18 Å². The van der Waals surface area contributed by atoms with Gasteiger partial charge in [-0.05, 0) is 42.7 Å². The first-order chi connectivity index (χ1) is 13.3. The van der Waals surface area contributed by atoms with Crippen molar-refractivity contribution in [2.75, 3.05) is 19.6 Å². The van der Waals surface area contributed by atoms with E-state index in [2.05, 4.69) is 5.32 Å². The van der Waals surface area contributed by atoms with Crippen LogP contribution >= 0.6 is 0 Å². The summed E-state index contributed by atoms with van der Waals surface area (Å²) in [6.07, 6.45) is -3.90. The molecule has 0 aromatic heterocycles. The van der Waals surface area contributed by atoms with E-state index < -0.39 is 17.7 Å². The number of rotatable bonds is 5. The van der Waals surface area contributed by atoms with Gasteiger partial charge in [-0.1, -0.05) is 30.3 Å². The van der Waals surface area contributed by atoms with Gasteiger partial charge in [-0.3, -0.25) is 9.59 Å². The van der Waals surface area contributed by atoms with E-state index in [1.807, 2.05) is 6.92 Å². The van der Waals surface area contributed by atoms with Gasteiger partial charge in [0.1, 0.15) is 0 Å². The summed E-state index contributed by atoms with van der Waals surface area (Å²) in [7, 11) is 0. The Kier molecular flexibility index (Phi) is 5.72. The van der Waals surface area contributed by atoms with Gasteiger partial charge in [-0.2, -0.15) is 13.2 Å². The largest absolute Gasteiger partial charge is 0.416 e. The molecule has 1 N–H and O–H groups in total. The molecule has 148 valence electrons. The van der Waals surface area contributed by atoms with Gasteiger partial charge in [0, 0.05) is 25.2 Å². The fraction of sp³-hybridized carbons (Fsp3) is 0.333. The summed E-state index contributed by atoms with van der Waals surface area (Å²) in [5.41, 5.74) is 1.26. The maximum Gasteiger partial charge on any atom is 0.416 e. The molecule has 4 nitrogen and oxygen atoms in total. The Balaban J connectivity index is 1.69. The summed E-state index contributed by atoms with van der Waals surface area (Å²) in [5, 5.41) is 2.75. The van der Waals surface area contributed by atoms with Crippen molar-refractivity contribution in [2.24, 2.45) is 0 Å². The first kappa shape index (κ1) is 19.9. The summed E-state index contributed by atoms with van der Waals surface area (Å²) in [4.78, 5) is 26.7. The number of likely N-dealkylation sites (N-methyl/N-ethyl adjacent to an activating group) is 1. The van der Waals surface area contributed by atoms with Gasteiger partial charge in [0.2, 0.25) is 5.91 Å². The minimum absolute atomic E-state index is 0.0955. The van der Waals surface area contributed by atoms with Crippen LogP contribution in [0.15, 0.2) is 48.5 Å². The number of alkyl halides is 3. The van der Waals surface area contributed by atoms with Gasteiger partial charge in [-0.15, -0.1) is 0 Å². The number of hydrogen-bond donors (Lipinski definition) is 1. The van der Waals surface area contributed by atoms with E-state index in [0.717, 1.165) is 17.7 Å². The third-order valence-electron chi connectivity index (χ3n) is 4.99. The quantitative estimate of drug-likeness (QED) is 0.848. The second kappa shape index (κ2) is 8.04. The maximum absolute atomic E-state index is 13.0. The zero-order chi connectivity index (χ0) is 20.3. The molecule has 1 atom stereocenters. The van der Waals surface area contributed by atoms with Crippen molar-refractivity contribution in [1.82, 2.24) is 10.2 Å². The number of nitrogens with one attached hydrogen (secondary N) is 1. The van der Waals surface area contributed by atoms with Crippen LogP contribution in [0.5, 0.6) is 0 Å². The Labute approximate surface area is 161 Å². The number of amides is 2. The molecule has 0 fully saturated rings. The van der Waals surface area contributed by atoms with E-state index in [0.29, 0.717) is 30.6 Å². The van der Waals surface area contributed by atoms with Crippen LogP contribution < -0.4 is 5.32 Å². The average molecular weight is 390 g/mol. The summed E-state index contributed by atoms with van der Waals surface area (Å²) >= 11 is 0. The van der Waals surface area contributed by atoms with Crippen molar-refractivity contribution in [3.8, 4) is 0 Å². The smallest absolute Gasteiger partial charge is 0.351 e. The highest BCUT2D eigenvalue weighted by molar-refractivity contribution is 6.00. The molecule has 0 saturated carbocycles. The van der Waals surface area contributed by atoms with Crippen molar-refractivity contribution >= 4 is 11.8 Å². The van der Waals surface area contributed by atoms with Crippen LogP contribution in [-0.4, -0.2) is 36.3 Å². The minimum Gasteiger partial charge on any atom is -0.351 e. The van der Waals surface area contributed by atoms with Crippen molar-refractivity contribution in [3.05, 3.63) is 70.8 Å². The van der Waals surface area contributed by atoms with E-state index >= 15 is 0 Å². The first-order valence-electron chi connectivity index (χ1n) is 9.13. The van der Waals surface area contributed by atoms with Crippen molar-refractivity contribution in [2.45, 2.75) is 25.4 Å². The Morgan fingerprint density at radius 3 is 2.46 bits per heavy atom. The molecule has 0 radical (unpaired) electrons. The molecule has 0 saturated heterocycles. The molecule has 0 bridgehead atoms. The zero-order valence-electron chi connectivity index (χ0n) is 15.4. The molecule has 3 rings (SSSR count). The number of benzene rings is 2. The van der Waals surface area contributed by atoms with Crippen molar-refractivity contribution in [3.63, 3.8) is 0 Å². The Morgan fingerprint density at radius 1 is 1.14 bits per heavy atom. The van der Waals surface area contributed by atoms with E-state index in [1.165, 1.54) is 12.1 Å². The number of hydrogen-bond acceptors (Lipinski definition) is 2. The number of nitrogens with zero attached hydrogens (tertiary/aromatic N) is 1. The van der Waals surface area contributed by atoms with E-state index in [4.69, 9.17) is 0 Å². The minimum atomic E-state index is -4.36. The lowest BCUT2D eigenvalue weighted by molar-refractivity contribution is -0.137. The average Bonchev–Trinajstić information content (AvgIpc) is 2.68. The van der Waals surface area contributed by atoms with E-state index in [1.54, 1.807) is 29.2 Å². The van der Waals surface area contributed by atoms with E-state index in [-0.39, 0.29) is 18.4 Å². The highest BCUT2D eigenvalue weighted by Crippen LogP contribution is 2.29. The van der Waals surface area contributed by atoms with Crippen molar-refractivity contribution in [1.29, 1.82) is 0 Å². The number of halogens is 3. The highest BCUT2D eigenvalue weighted by atomic mass is 19.4. The molecule has 1 aliphatic heterocycles. The predicted octanol–water partition coefficient (Wildman–Crippen LogP) is 3.62. The number of fused-ring (bicyclic) bond motifs is 1. The summed E-state index contributed by atoms with van der Waals surface area (Å²) in [5.74, 6) is -0.740. The molecule has 2 aromatic rings. The summed E-state index contributed by atoms with van der Waals surface area (Å²) in [6.45, 7) is 2.98. The standard InChI is InChI=1S/C21H21F3N2O2/c1-2-26(12-11-14-7-9-15(10-8-14)21(22,23)24)20(28)18-13-25-19(27)17-6-4-3-5-16(17)18/h3-10,18H,2,11-13H2,1H3,(H,25,27). The Hall–Kier alpha value is -2.83. The molecule has 7 heteroatoms. The molecular weight excluding hydrogens is 369 g/mol. The zero-order valence-corrected chi connectivity index (χ0v) is 15.4. The fourth-order valence-electron chi connectivity index (χ4n) is 3.40. The fourth-order valence-corrected chi connectivity index (χ4v) is 3.40. The molecular formula is C21H21F3N2O2. The topological polar surface area (TPSA) is 49.4 Å². The van der Waals surface area contributed by atoms with Crippen molar-refractivity contribution < 1.29 is 22.8 Å². The lowest BCUT2D eigenvalue weighted by atomic mass is 9.89. The van der Waals surface area contributed by atoms with Gasteiger partial charge in [0.15, 0.2) is 0 Å². The van der Waals surface area contributed by atoms with E-state index in [9.17, 15) is 22.8 Å². The van der Waals surface area contributed by atoms with Gasteiger partial charge in [-0.25, -0.2) is 0 Å². The monoisotopic (exact) mass is 390 g/mol. The number of carbonyl (C=O) groups excluding carboxylic acids is 2. The van der Waals surface area contributed by atoms with Crippen LogP contribution in [0.1, 0.15) is 39.9 Å². The first-order valence-corrected chi connectivity index (χ1v) is 9.13. The normalized spacial score (nSPS) is 16.3. The summed E-state index contributed by atoms with van der Waals surface area (Å²) < 4.78 is 38.0. The maximum atomic E-state index is 13.0. The molecule has 1 unspecified atom stereocenters. The van der Waals surface area contributed by atoms with Crippen LogP contribution in [0.3, 0.4) is 0 Å². The number of carbonyl (C=O) groups is 2. The lowest BCUT2D eigenvalue weighted by Gasteiger charge is -2.30. The third-order valence-corrected chi connectivity index (χ3v) is 4.99. The van der Waals surface area contributed by atoms with Gasteiger partial charge in [0.25, 0.3) is 5.91 Å². The SMILES string of the molecule is CCN(CCc1ccc(C(F)(F)F)cc1)C(=O)C1CNC(=O)c2ccccc21. The van der Waals surface area contributed by atoms with Crippen LogP contribution in [0, 0.1) is 0 Å². The third kappa shape index (κ3) is 4.18. The van der Waals surface area contributed by atoms with Crippen LogP contribution in [-0.2, 0) is 17.4 Å². The molecule has 0 spiro atoms. The van der Waals surface area contributed by atoms with Gasteiger partial charge in [0.05, 0.1) is 11.5 Å². The lowest BCUT2D eigenvalue weighted by Crippen LogP contribution is -2.44. The van der Waals surface area contributed by atoms with Crippen LogP contribution in [0.25, 0.3) is 0 Å². The van der Waals surface area contributed by atoms with Crippen LogP contribution in [0.4, 0.5) is 13.2 Å². The highest BCUT2D eigenvalue weighted by Gasteiger charge is 2.32. The molecule has 1 heterocycles.